The van der Waals surface area contributed by atoms with Gasteiger partial charge in [0.1, 0.15) is 0 Å². The van der Waals surface area contributed by atoms with E-state index in [0.29, 0.717) is 36.9 Å². The van der Waals surface area contributed by atoms with Gasteiger partial charge in [-0.25, -0.2) is 0 Å². The molecule has 1 aromatic carbocycles. The summed E-state index contributed by atoms with van der Waals surface area (Å²) in [5.41, 5.74) is 1.93. The maximum atomic E-state index is 12.9. The highest BCUT2D eigenvalue weighted by Crippen LogP contribution is 2.52. The smallest absolute Gasteiger partial charge is 0.266 e. The molecule has 1 amide bonds. The van der Waals surface area contributed by atoms with E-state index in [-0.39, 0.29) is 12.0 Å². The molecule has 3 saturated carbocycles. The lowest BCUT2D eigenvalue weighted by molar-refractivity contribution is -0.136. The predicted octanol–water partition coefficient (Wildman–Crippen LogP) is 2.35. The van der Waals surface area contributed by atoms with Crippen molar-refractivity contribution < 1.29 is 14.1 Å². The monoisotopic (exact) mass is 434 g/mol. The molecule has 4 heterocycles. The molecule has 2 bridgehead atoms. The maximum Gasteiger partial charge on any atom is 0.266 e. The van der Waals surface area contributed by atoms with Crippen molar-refractivity contribution in [2.75, 3.05) is 44.3 Å². The van der Waals surface area contributed by atoms with E-state index in [9.17, 15) is 4.79 Å². The number of hydrogen-bond acceptors (Lipinski definition) is 7. The molecule has 2 saturated heterocycles. The van der Waals surface area contributed by atoms with Gasteiger partial charge in [-0.15, -0.1) is 0 Å². The number of hydrogen-bond donors (Lipinski definition) is 0. The molecule has 9 nitrogen and oxygen atoms in total. The van der Waals surface area contributed by atoms with Crippen LogP contribution in [-0.4, -0.2) is 70.1 Å². The van der Waals surface area contributed by atoms with Crippen LogP contribution in [0.15, 0.2) is 28.9 Å². The molecule has 0 spiro atoms. The largest absolute Gasteiger partial charge is 0.377 e. The first-order valence-corrected chi connectivity index (χ1v) is 11.7. The number of carbonyl (C=O) groups excluding carboxylic acids is 1. The van der Waals surface area contributed by atoms with Crippen LogP contribution in [-0.2, 0) is 9.53 Å². The standard InChI is InChI=1S/C23H26N6O3/c30-22(19-9-14-7-17(19)8-14)27-3-5-28(6-4-27)23-25-21(32-26-23)15-1-2-16-11-24-29(20(16)10-15)18-12-31-13-18/h1-2,10-11,14,17-19H,3-9,12-13H2/t14?,17?,19-/m1/s1. The van der Waals surface area contributed by atoms with E-state index in [4.69, 9.17) is 9.26 Å². The van der Waals surface area contributed by atoms with Crippen LogP contribution in [0.25, 0.3) is 22.4 Å². The Kier molecular flexibility index (Phi) is 4.09. The Balaban J connectivity index is 1.05. The highest BCUT2D eigenvalue weighted by atomic mass is 16.5. The molecule has 5 fully saturated rings. The molecule has 2 aliphatic heterocycles. The van der Waals surface area contributed by atoms with E-state index in [1.54, 1.807) is 0 Å². The van der Waals surface area contributed by atoms with Gasteiger partial charge in [0.15, 0.2) is 0 Å². The molecule has 0 radical (unpaired) electrons. The summed E-state index contributed by atoms with van der Waals surface area (Å²) < 4.78 is 12.9. The minimum absolute atomic E-state index is 0.276. The summed E-state index contributed by atoms with van der Waals surface area (Å²) in [6.07, 6.45) is 5.52. The summed E-state index contributed by atoms with van der Waals surface area (Å²) in [6.45, 7) is 4.32. The van der Waals surface area contributed by atoms with E-state index in [1.165, 1.54) is 12.8 Å². The molecule has 166 valence electrons. The lowest BCUT2D eigenvalue weighted by atomic mass is 9.82. The second-order valence-electron chi connectivity index (χ2n) is 9.71. The van der Waals surface area contributed by atoms with Gasteiger partial charge in [-0.2, -0.15) is 10.1 Å². The number of ether oxygens (including phenoxy) is 1. The minimum atomic E-state index is 0.276. The zero-order valence-electron chi connectivity index (χ0n) is 17.9. The van der Waals surface area contributed by atoms with Gasteiger partial charge in [-0.1, -0.05) is 6.07 Å². The number of anilines is 1. The molecule has 8 rings (SSSR count). The first-order chi connectivity index (χ1) is 15.7. The van der Waals surface area contributed by atoms with Crippen LogP contribution in [0.1, 0.15) is 25.3 Å². The van der Waals surface area contributed by atoms with Crippen LogP contribution in [0, 0.1) is 17.8 Å². The van der Waals surface area contributed by atoms with Crippen molar-refractivity contribution in [1.82, 2.24) is 24.8 Å². The second kappa shape index (κ2) is 7.03. The zero-order valence-corrected chi connectivity index (χ0v) is 17.9. The summed E-state index contributed by atoms with van der Waals surface area (Å²) >= 11 is 0. The third-order valence-electron chi connectivity index (χ3n) is 7.85. The van der Waals surface area contributed by atoms with Crippen LogP contribution in [0.4, 0.5) is 5.95 Å². The number of aromatic nitrogens is 4. The van der Waals surface area contributed by atoms with Crippen molar-refractivity contribution in [1.29, 1.82) is 0 Å². The van der Waals surface area contributed by atoms with Crippen LogP contribution >= 0.6 is 0 Å². The van der Waals surface area contributed by atoms with E-state index in [1.807, 2.05) is 27.9 Å². The topological polar surface area (TPSA) is 89.5 Å². The average Bonchev–Trinajstić information content (AvgIpc) is 3.54. The van der Waals surface area contributed by atoms with Gasteiger partial charge in [0.25, 0.3) is 11.8 Å². The van der Waals surface area contributed by atoms with Gasteiger partial charge < -0.3 is 19.1 Å². The Morgan fingerprint density at radius 2 is 1.91 bits per heavy atom. The first kappa shape index (κ1) is 18.6. The molecule has 1 atom stereocenters. The second-order valence-corrected chi connectivity index (χ2v) is 9.71. The molecule has 32 heavy (non-hydrogen) atoms. The molecule has 5 aliphatic rings. The normalized spacial score (nSPS) is 27.6. The van der Waals surface area contributed by atoms with E-state index < -0.39 is 0 Å². The van der Waals surface area contributed by atoms with Gasteiger partial charge in [-0.05, 0) is 48.4 Å². The van der Waals surface area contributed by atoms with Crippen LogP contribution in [0.5, 0.6) is 0 Å². The van der Waals surface area contributed by atoms with Crippen LogP contribution in [0.3, 0.4) is 0 Å². The number of amides is 1. The predicted molar refractivity (Wildman–Crippen MR) is 116 cm³/mol. The van der Waals surface area contributed by atoms with Crippen molar-refractivity contribution in [3.63, 3.8) is 0 Å². The highest BCUT2D eigenvalue weighted by Gasteiger charge is 2.48. The van der Waals surface area contributed by atoms with Crippen molar-refractivity contribution in [3.8, 4) is 11.5 Å². The van der Waals surface area contributed by atoms with Gasteiger partial charge in [0.05, 0.1) is 31.0 Å². The Labute approximate surface area is 185 Å². The van der Waals surface area contributed by atoms with E-state index in [0.717, 1.165) is 55.0 Å². The van der Waals surface area contributed by atoms with Crippen molar-refractivity contribution in [2.24, 2.45) is 17.8 Å². The molecule has 2 aromatic heterocycles. The summed E-state index contributed by atoms with van der Waals surface area (Å²) in [5, 5.41) is 9.83. The Morgan fingerprint density at radius 3 is 2.62 bits per heavy atom. The third kappa shape index (κ3) is 2.87. The lowest BCUT2D eigenvalue weighted by Gasteiger charge is -2.36. The van der Waals surface area contributed by atoms with E-state index in [2.05, 4.69) is 26.2 Å². The third-order valence-corrected chi connectivity index (χ3v) is 7.85. The molecule has 3 aromatic rings. The number of piperazine rings is 1. The fourth-order valence-corrected chi connectivity index (χ4v) is 5.81. The molecule has 9 heteroatoms. The molecular formula is C23H26N6O3. The number of nitrogens with zero attached hydrogens (tertiary/aromatic N) is 6. The number of rotatable bonds is 4. The number of fused-ring (bicyclic) bond motifs is 2. The summed E-state index contributed by atoms with van der Waals surface area (Å²) in [6, 6.07) is 6.37. The number of benzene rings is 1. The Hall–Kier alpha value is -2.94. The summed E-state index contributed by atoms with van der Waals surface area (Å²) in [4.78, 5) is 21.7. The zero-order chi connectivity index (χ0) is 21.2. The van der Waals surface area contributed by atoms with Crippen molar-refractivity contribution in [2.45, 2.75) is 25.3 Å². The van der Waals surface area contributed by atoms with Crippen LogP contribution in [0.2, 0.25) is 0 Å². The number of carbonyl (C=O) groups is 1. The average molecular weight is 435 g/mol. The molecule has 0 unspecified atom stereocenters. The maximum absolute atomic E-state index is 12.9. The van der Waals surface area contributed by atoms with E-state index >= 15 is 0 Å². The van der Waals surface area contributed by atoms with Crippen LogP contribution < -0.4 is 4.90 Å². The quantitative estimate of drug-likeness (QED) is 0.623. The van der Waals surface area contributed by atoms with Crippen molar-refractivity contribution in [3.05, 3.63) is 24.4 Å². The first-order valence-electron chi connectivity index (χ1n) is 11.7. The Morgan fingerprint density at radius 1 is 1.06 bits per heavy atom. The molecule has 0 N–H and O–H groups in total. The van der Waals surface area contributed by atoms with Gasteiger partial charge in [0.2, 0.25) is 5.91 Å². The minimum Gasteiger partial charge on any atom is -0.377 e. The fourth-order valence-electron chi connectivity index (χ4n) is 5.81. The fraction of sp³-hybridized carbons (Fsp3) is 0.565. The highest BCUT2D eigenvalue weighted by molar-refractivity contribution is 5.83. The van der Waals surface area contributed by atoms with Gasteiger partial charge in [-0.3, -0.25) is 9.48 Å². The van der Waals surface area contributed by atoms with Gasteiger partial charge in [0, 0.05) is 43.0 Å². The van der Waals surface area contributed by atoms with Gasteiger partial charge >= 0.3 is 0 Å². The van der Waals surface area contributed by atoms with Crippen molar-refractivity contribution >= 4 is 22.8 Å². The Bertz CT molecular complexity index is 1170. The summed E-state index contributed by atoms with van der Waals surface area (Å²) in [7, 11) is 0. The molecule has 3 aliphatic carbocycles. The lowest BCUT2D eigenvalue weighted by Crippen LogP contribution is -2.51. The molecular weight excluding hydrogens is 408 g/mol. The SMILES string of the molecule is O=C([C@@H]1CC2CC1C2)N1CCN(c2noc(-c3ccc4cnn(C5COC5)c4c3)n2)CC1. The summed E-state index contributed by atoms with van der Waals surface area (Å²) in [5.74, 6) is 3.20.